The first-order valence-electron chi connectivity index (χ1n) is 9.20. The number of benzene rings is 2. The van der Waals surface area contributed by atoms with Crippen LogP contribution in [0.2, 0.25) is 5.02 Å². The lowest BCUT2D eigenvalue weighted by atomic mass is 10.1. The molecular formula is C21H24ClN3OS. The Balaban J connectivity index is 1.99. The Morgan fingerprint density at radius 1 is 1.07 bits per heavy atom. The number of thiazole rings is 1. The van der Waals surface area contributed by atoms with Crippen molar-refractivity contribution in [1.82, 2.24) is 9.88 Å². The number of rotatable bonds is 7. The maximum absolute atomic E-state index is 13.4. The zero-order valence-electron chi connectivity index (χ0n) is 15.9. The highest BCUT2D eigenvalue weighted by Crippen LogP contribution is 2.33. The third-order valence-electron chi connectivity index (χ3n) is 4.74. The summed E-state index contributed by atoms with van der Waals surface area (Å²) in [5.41, 5.74) is 2.43. The zero-order valence-corrected chi connectivity index (χ0v) is 17.5. The van der Waals surface area contributed by atoms with Crippen molar-refractivity contribution in [2.75, 3.05) is 31.1 Å². The molecule has 0 N–H and O–H groups in total. The second-order valence-electron chi connectivity index (χ2n) is 6.38. The molecule has 0 saturated heterocycles. The number of nitrogens with zero attached hydrogens (tertiary/aromatic N) is 3. The number of amides is 1. The summed E-state index contributed by atoms with van der Waals surface area (Å²) in [7, 11) is 0. The number of halogens is 1. The monoisotopic (exact) mass is 401 g/mol. The number of aryl methyl sites for hydroxylation is 1. The van der Waals surface area contributed by atoms with E-state index >= 15 is 0 Å². The molecule has 2 aromatic carbocycles. The minimum absolute atomic E-state index is 0.0181. The fourth-order valence-electron chi connectivity index (χ4n) is 3.04. The van der Waals surface area contributed by atoms with Crippen LogP contribution in [0.5, 0.6) is 0 Å². The van der Waals surface area contributed by atoms with Gasteiger partial charge in [0.05, 0.1) is 9.72 Å². The standard InChI is InChI=1S/C21H24ClN3OS/c1-4-24(5-2)13-14-25(20(26)16-10-7-6-9-15(16)3)21-23-19-17(22)11-8-12-18(19)27-21/h6-12H,4-5,13-14H2,1-3H3. The van der Waals surface area contributed by atoms with Gasteiger partial charge in [-0.25, -0.2) is 4.98 Å². The van der Waals surface area contributed by atoms with E-state index in [0.29, 0.717) is 22.3 Å². The van der Waals surface area contributed by atoms with Gasteiger partial charge in [0.1, 0.15) is 5.52 Å². The lowest BCUT2D eigenvalue weighted by molar-refractivity contribution is 0.0983. The molecule has 0 spiro atoms. The molecule has 142 valence electrons. The van der Waals surface area contributed by atoms with Crippen molar-refractivity contribution in [3.8, 4) is 0 Å². The molecule has 6 heteroatoms. The lowest BCUT2D eigenvalue weighted by Crippen LogP contribution is -2.39. The second-order valence-corrected chi connectivity index (χ2v) is 7.80. The van der Waals surface area contributed by atoms with Crippen LogP contribution in [0, 0.1) is 6.92 Å². The van der Waals surface area contributed by atoms with Gasteiger partial charge in [0.2, 0.25) is 0 Å². The Labute approximate surface area is 169 Å². The van der Waals surface area contributed by atoms with E-state index in [0.717, 1.165) is 35.4 Å². The zero-order chi connectivity index (χ0) is 19.4. The quantitative estimate of drug-likeness (QED) is 0.542. The normalized spacial score (nSPS) is 11.3. The summed E-state index contributed by atoms with van der Waals surface area (Å²) in [5, 5.41) is 1.31. The van der Waals surface area contributed by atoms with Crippen molar-refractivity contribution >= 4 is 44.2 Å². The van der Waals surface area contributed by atoms with Crippen molar-refractivity contribution in [3.05, 3.63) is 58.6 Å². The molecule has 0 saturated carbocycles. The first kappa shape index (κ1) is 19.8. The van der Waals surface area contributed by atoms with E-state index in [1.54, 1.807) is 4.90 Å². The van der Waals surface area contributed by atoms with Crippen LogP contribution in [0.3, 0.4) is 0 Å². The molecule has 0 radical (unpaired) electrons. The predicted octanol–water partition coefficient (Wildman–Crippen LogP) is 5.25. The van der Waals surface area contributed by atoms with Crippen LogP contribution in [0.25, 0.3) is 10.2 Å². The van der Waals surface area contributed by atoms with E-state index in [9.17, 15) is 4.79 Å². The smallest absolute Gasteiger partial charge is 0.260 e. The molecule has 0 unspecified atom stereocenters. The van der Waals surface area contributed by atoms with Gasteiger partial charge >= 0.3 is 0 Å². The highest BCUT2D eigenvalue weighted by molar-refractivity contribution is 7.22. The van der Waals surface area contributed by atoms with Crippen LogP contribution in [0.1, 0.15) is 29.8 Å². The molecule has 1 heterocycles. The highest BCUT2D eigenvalue weighted by Gasteiger charge is 2.23. The number of anilines is 1. The van der Waals surface area contributed by atoms with Crippen LogP contribution in [-0.4, -0.2) is 42.0 Å². The maximum Gasteiger partial charge on any atom is 0.260 e. The third-order valence-corrected chi connectivity index (χ3v) is 6.09. The van der Waals surface area contributed by atoms with E-state index in [-0.39, 0.29) is 5.91 Å². The van der Waals surface area contributed by atoms with Gasteiger partial charge in [0.25, 0.3) is 5.91 Å². The van der Waals surface area contributed by atoms with Crippen molar-refractivity contribution in [2.45, 2.75) is 20.8 Å². The fourth-order valence-corrected chi connectivity index (χ4v) is 4.33. The molecular weight excluding hydrogens is 378 g/mol. The van der Waals surface area contributed by atoms with Gasteiger partial charge in [-0.1, -0.05) is 61.1 Å². The Hall–Kier alpha value is -1.95. The van der Waals surface area contributed by atoms with Crippen molar-refractivity contribution < 1.29 is 4.79 Å². The number of fused-ring (bicyclic) bond motifs is 1. The Morgan fingerprint density at radius 3 is 2.48 bits per heavy atom. The summed E-state index contributed by atoms with van der Waals surface area (Å²) in [6.07, 6.45) is 0. The van der Waals surface area contributed by atoms with Crippen LogP contribution >= 0.6 is 22.9 Å². The van der Waals surface area contributed by atoms with E-state index in [2.05, 4.69) is 18.7 Å². The van der Waals surface area contributed by atoms with Crippen LogP contribution in [0.15, 0.2) is 42.5 Å². The number of carbonyl (C=O) groups is 1. The summed E-state index contributed by atoms with van der Waals surface area (Å²) in [6, 6.07) is 13.4. The molecule has 0 bridgehead atoms. The molecule has 0 aliphatic rings. The highest BCUT2D eigenvalue weighted by atomic mass is 35.5. The maximum atomic E-state index is 13.4. The third kappa shape index (κ3) is 4.32. The number of likely N-dealkylation sites (N-methyl/N-ethyl adjacent to an activating group) is 1. The van der Waals surface area contributed by atoms with Gasteiger partial charge in [-0.15, -0.1) is 0 Å². The lowest BCUT2D eigenvalue weighted by Gasteiger charge is -2.25. The van der Waals surface area contributed by atoms with Gasteiger partial charge in [0, 0.05) is 18.7 Å². The fraction of sp³-hybridized carbons (Fsp3) is 0.333. The molecule has 0 atom stereocenters. The number of carbonyl (C=O) groups excluding carboxylic acids is 1. The Morgan fingerprint density at radius 2 is 1.81 bits per heavy atom. The molecule has 1 amide bonds. The largest absolute Gasteiger partial charge is 0.302 e. The van der Waals surface area contributed by atoms with Crippen LogP contribution in [-0.2, 0) is 0 Å². The summed E-state index contributed by atoms with van der Waals surface area (Å²) in [5.74, 6) is -0.0181. The van der Waals surface area contributed by atoms with Crippen LogP contribution < -0.4 is 4.90 Å². The number of hydrogen-bond donors (Lipinski definition) is 0. The molecule has 3 rings (SSSR count). The average Bonchev–Trinajstić information content (AvgIpc) is 3.10. The molecule has 0 fully saturated rings. The van der Waals surface area contributed by atoms with Crippen LogP contribution in [0.4, 0.5) is 5.13 Å². The molecule has 3 aromatic rings. The predicted molar refractivity (Wildman–Crippen MR) is 115 cm³/mol. The summed E-state index contributed by atoms with van der Waals surface area (Å²) >= 11 is 7.81. The number of para-hydroxylation sites is 1. The Bertz CT molecular complexity index is 936. The summed E-state index contributed by atoms with van der Waals surface area (Å²) in [4.78, 5) is 22.1. The van der Waals surface area contributed by atoms with Gasteiger partial charge in [-0.05, 0) is 43.8 Å². The van der Waals surface area contributed by atoms with Crippen molar-refractivity contribution in [3.63, 3.8) is 0 Å². The molecule has 1 aromatic heterocycles. The topological polar surface area (TPSA) is 36.4 Å². The van der Waals surface area contributed by atoms with Gasteiger partial charge in [-0.3, -0.25) is 9.69 Å². The van der Waals surface area contributed by atoms with E-state index in [1.807, 2.05) is 49.4 Å². The first-order valence-corrected chi connectivity index (χ1v) is 10.4. The van der Waals surface area contributed by atoms with Gasteiger partial charge < -0.3 is 4.90 Å². The van der Waals surface area contributed by atoms with Crippen molar-refractivity contribution in [1.29, 1.82) is 0 Å². The Kier molecular flexibility index (Phi) is 6.47. The number of hydrogen-bond acceptors (Lipinski definition) is 4. The first-order chi connectivity index (χ1) is 13.0. The van der Waals surface area contributed by atoms with Crippen molar-refractivity contribution in [2.24, 2.45) is 0 Å². The molecule has 4 nitrogen and oxygen atoms in total. The minimum Gasteiger partial charge on any atom is -0.302 e. The average molecular weight is 402 g/mol. The summed E-state index contributed by atoms with van der Waals surface area (Å²) < 4.78 is 0.989. The second kappa shape index (κ2) is 8.83. The van der Waals surface area contributed by atoms with Gasteiger partial charge in [0.15, 0.2) is 5.13 Å². The molecule has 27 heavy (non-hydrogen) atoms. The number of aromatic nitrogens is 1. The minimum atomic E-state index is -0.0181. The van der Waals surface area contributed by atoms with Gasteiger partial charge in [-0.2, -0.15) is 0 Å². The molecule has 0 aliphatic carbocycles. The summed E-state index contributed by atoms with van der Waals surface area (Å²) in [6.45, 7) is 9.53. The van der Waals surface area contributed by atoms with E-state index in [1.165, 1.54) is 11.3 Å². The van der Waals surface area contributed by atoms with E-state index < -0.39 is 0 Å². The molecule has 0 aliphatic heterocycles. The van der Waals surface area contributed by atoms with E-state index in [4.69, 9.17) is 16.6 Å². The SMILES string of the molecule is CCN(CC)CCN(C(=O)c1ccccc1C)c1nc2c(Cl)cccc2s1.